The zero-order valence-electron chi connectivity index (χ0n) is 6.09. The summed E-state index contributed by atoms with van der Waals surface area (Å²) in [6.07, 6.45) is 1.67. The Bertz CT molecular complexity index is 428. The molecule has 3 heteroatoms. The molecule has 1 nitrogen and oxygen atoms in total. The van der Waals surface area contributed by atoms with E-state index < -0.39 is 0 Å². The lowest BCUT2D eigenvalue weighted by molar-refractivity contribution is 0.622. The average Bonchev–Trinajstić information content (AvgIpc) is 2.12. The van der Waals surface area contributed by atoms with Gasteiger partial charge in [0.2, 0.25) is 0 Å². The Morgan fingerprint density at radius 3 is 2.92 bits per heavy atom. The predicted molar refractivity (Wildman–Crippen MR) is 54.4 cm³/mol. The summed E-state index contributed by atoms with van der Waals surface area (Å²) in [5.41, 5.74) is 0.734. The van der Waals surface area contributed by atoms with Crippen LogP contribution in [0.5, 0.6) is 0 Å². The van der Waals surface area contributed by atoms with Gasteiger partial charge in [0, 0.05) is 11.6 Å². The van der Waals surface area contributed by atoms with Gasteiger partial charge in [-0.3, -0.25) is 4.98 Å². The second kappa shape index (κ2) is 2.97. The molecule has 0 saturated carbocycles. The molecule has 1 aromatic heterocycles. The largest absolute Gasteiger partial charge is 0.255 e. The van der Waals surface area contributed by atoms with Gasteiger partial charge in [0.25, 0.3) is 0 Å². The van der Waals surface area contributed by atoms with Crippen molar-refractivity contribution in [1.82, 2.24) is 4.98 Å². The zero-order chi connectivity index (χ0) is 8.55. The molecule has 1 heterocycles. The van der Waals surface area contributed by atoms with Crippen LogP contribution in [0.1, 0.15) is 0 Å². The van der Waals surface area contributed by atoms with Crippen molar-refractivity contribution in [2.24, 2.45) is 0 Å². The van der Waals surface area contributed by atoms with Crippen LogP contribution in [0.2, 0.25) is 0 Å². The highest BCUT2D eigenvalue weighted by molar-refractivity contribution is 14.1. The highest BCUT2D eigenvalue weighted by atomic mass is 127. The minimum absolute atomic E-state index is 0.207. The summed E-state index contributed by atoms with van der Waals surface area (Å²) in [5, 5.41) is 0.975. The van der Waals surface area contributed by atoms with E-state index in [1.165, 1.54) is 6.07 Å². The maximum atomic E-state index is 13.0. The van der Waals surface area contributed by atoms with Crippen molar-refractivity contribution in [3.63, 3.8) is 0 Å². The minimum Gasteiger partial charge on any atom is -0.255 e. The number of aromatic nitrogens is 1. The van der Waals surface area contributed by atoms with Crippen molar-refractivity contribution in [3.05, 3.63) is 39.8 Å². The molecule has 0 atom stereocenters. The van der Waals surface area contributed by atoms with Crippen molar-refractivity contribution in [3.8, 4) is 0 Å². The van der Waals surface area contributed by atoms with Gasteiger partial charge >= 0.3 is 0 Å². The molecular weight excluding hydrogens is 268 g/mol. The van der Waals surface area contributed by atoms with Crippen LogP contribution in [-0.2, 0) is 0 Å². The number of fused-ring (bicyclic) bond motifs is 1. The van der Waals surface area contributed by atoms with Gasteiger partial charge in [-0.15, -0.1) is 0 Å². The van der Waals surface area contributed by atoms with E-state index in [2.05, 4.69) is 4.98 Å². The van der Waals surface area contributed by atoms with Crippen LogP contribution in [0.15, 0.2) is 30.5 Å². The molecule has 0 N–H and O–H groups in total. The molecule has 0 amide bonds. The standard InChI is InChI=1S/C9H5FIN/c10-7-4-3-6-2-1-5-12-9(6)8(7)11/h1-5H. The van der Waals surface area contributed by atoms with Crippen molar-refractivity contribution >= 4 is 33.5 Å². The SMILES string of the molecule is Fc1ccc2cccnc2c1I. The molecule has 0 spiro atoms. The highest BCUT2D eigenvalue weighted by Gasteiger charge is 2.03. The molecule has 2 rings (SSSR count). The highest BCUT2D eigenvalue weighted by Crippen LogP contribution is 2.20. The van der Waals surface area contributed by atoms with Crippen molar-refractivity contribution < 1.29 is 4.39 Å². The summed E-state index contributed by atoms with van der Waals surface area (Å²) < 4.78 is 13.6. The molecule has 0 aliphatic rings. The van der Waals surface area contributed by atoms with E-state index in [1.807, 2.05) is 34.7 Å². The maximum absolute atomic E-state index is 13.0. The average molecular weight is 273 g/mol. The lowest BCUT2D eigenvalue weighted by Crippen LogP contribution is -1.86. The second-order valence-corrected chi connectivity index (χ2v) is 3.52. The predicted octanol–water partition coefficient (Wildman–Crippen LogP) is 2.98. The fraction of sp³-hybridized carbons (Fsp3) is 0. The van der Waals surface area contributed by atoms with Gasteiger partial charge in [-0.05, 0) is 40.8 Å². The van der Waals surface area contributed by atoms with Gasteiger partial charge in [-0.25, -0.2) is 4.39 Å². The number of hydrogen-bond donors (Lipinski definition) is 0. The third-order valence-electron chi connectivity index (χ3n) is 1.67. The van der Waals surface area contributed by atoms with E-state index in [-0.39, 0.29) is 5.82 Å². The van der Waals surface area contributed by atoms with Crippen LogP contribution in [0.4, 0.5) is 4.39 Å². The summed E-state index contributed by atoms with van der Waals surface area (Å²) in [5.74, 6) is -0.207. The fourth-order valence-electron chi connectivity index (χ4n) is 1.08. The maximum Gasteiger partial charge on any atom is 0.138 e. The van der Waals surface area contributed by atoms with Gasteiger partial charge in [0.15, 0.2) is 0 Å². The molecule has 0 radical (unpaired) electrons. The molecule has 0 fully saturated rings. The molecule has 2 aromatic rings. The third kappa shape index (κ3) is 1.18. The molecular formula is C9H5FIN. The van der Waals surface area contributed by atoms with Crippen LogP contribution >= 0.6 is 22.6 Å². The Kier molecular flexibility index (Phi) is 1.96. The normalized spacial score (nSPS) is 10.5. The topological polar surface area (TPSA) is 12.9 Å². The van der Waals surface area contributed by atoms with E-state index in [1.54, 1.807) is 12.3 Å². The summed E-state index contributed by atoms with van der Waals surface area (Å²) >= 11 is 1.97. The summed E-state index contributed by atoms with van der Waals surface area (Å²) in [7, 11) is 0. The van der Waals surface area contributed by atoms with Crippen LogP contribution in [0.3, 0.4) is 0 Å². The molecule has 0 aliphatic carbocycles. The first kappa shape index (κ1) is 7.91. The minimum atomic E-state index is -0.207. The number of nitrogens with zero attached hydrogens (tertiary/aromatic N) is 1. The summed E-state index contributed by atoms with van der Waals surface area (Å²) in [6.45, 7) is 0. The van der Waals surface area contributed by atoms with Gasteiger partial charge < -0.3 is 0 Å². The molecule has 0 saturated heterocycles. The van der Waals surface area contributed by atoms with Crippen LogP contribution < -0.4 is 0 Å². The number of halogens is 2. The summed E-state index contributed by atoms with van der Waals surface area (Å²) in [6, 6.07) is 6.96. The van der Waals surface area contributed by atoms with Gasteiger partial charge in [-0.1, -0.05) is 6.07 Å². The fourth-order valence-corrected chi connectivity index (χ4v) is 1.72. The quantitative estimate of drug-likeness (QED) is 0.672. The first-order chi connectivity index (χ1) is 5.79. The van der Waals surface area contributed by atoms with E-state index in [0.29, 0.717) is 3.57 Å². The Morgan fingerprint density at radius 2 is 2.08 bits per heavy atom. The van der Waals surface area contributed by atoms with E-state index in [4.69, 9.17) is 0 Å². The Balaban J connectivity index is 2.91. The molecule has 1 aromatic carbocycles. The van der Waals surface area contributed by atoms with Crippen molar-refractivity contribution in [2.45, 2.75) is 0 Å². The van der Waals surface area contributed by atoms with E-state index >= 15 is 0 Å². The van der Waals surface area contributed by atoms with Gasteiger partial charge in [0.05, 0.1) is 9.09 Å². The van der Waals surface area contributed by atoms with Crippen molar-refractivity contribution in [2.75, 3.05) is 0 Å². The smallest absolute Gasteiger partial charge is 0.138 e. The zero-order valence-corrected chi connectivity index (χ0v) is 8.25. The van der Waals surface area contributed by atoms with Crippen LogP contribution in [0, 0.1) is 9.39 Å². The number of pyridine rings is 1. The Labute approximate surface area is 82.8 Å². The van der Waals surface area contributed by atoms with Gasteiger partial charge in [0.1, 0.15) is 5.82 Å². The third-order valence-corrected chi connectivity index (χ3v) is 2.69. The summed E-state index contributed by atoms with van der Waals surface area (Å²) in [4.78, 5) is 4.09. The Morgan fingerprint density at radius 1 is 1.25 bits per heavy atom. The first-order valence-electron chi connectivity index (χ1n) is 3.48. The number of rotatable bonds is 0. The van der Waals surface area contributed by atoms with E-state index in [0.717, 1.165) is 10.9 Å². The van der Waals surface area contributed by atoms with Crippen molar-refractivity contribution in [1.29, 1.82) is 0 Å². The lowest BCUT2D eigenvalue weighted by atomic mass is 10.2. The second-order valence-electron chi connectivity index (χ2n) is 2.44. The molecule has 60 valence electrons. The number of benzene rings is 1. The van der Waals surface area contributed by atoms with Crippen LogP contribution in [0.25, 0.3) is 10.9 Å². The van der Waals surface area contributed by atoms with Gasteiger partial charge in [-0.2, -0.15) is 0 Å². The molecule has 0 aliphatic heterocycles. The molecule has 0 unspecified atom stereocenters. The monoisotopic (exact) mass is 273 g/mol. The Hall–Kier alpha value is -0.710. The van der Waals surface area contributed by atoms with Crippen LogP contribution in [-0.4, -0.2) is 4.98 Å². The number of hydrogen-bond acceptors (Lipinski definition) is 1. The molecule has 12 heavy (non-hydrogen) atoms. The molecule has 0 bridgehead atoms. The lowest BCUT2D eigenvalue weighted by Gasteiger charge is -1.99. The first-order valence-corrected chi connectivity index (χ1v) is 4.55. The van der Waals surface area contributed by atoms with E-state index in [9.17, 15) is 4.39 Å².